The first-order valence-electron chi connectivity index (χ1n) is 10.6. The van der Waals surface area contributed by atoms with E-state index >= 15 is 0 Å². The van der Waals surface area contributed by atoms with Crippen LogP contribution in [0.15, 0.2) is 42.5 Å². The zero-order valence-corrected chi connectivity index (χ0v) is 19.7. The number of nitrogens with zero attached hydrogens (tertiary/aromatic N) is 1. The molecule has 0 saturated heterocycles. The van der Waals surface area contributed by atoms with Crippen LogP contribution in [-0.2, 0) is 17.4 Å². The minimum atomic E-state index is -4.38. The van der Waals surface area contributed by atoms with Gasteiger partial charge in [0.05, 0.1) is 16.1 Å². The van der Waals surface area contributed by atoms with Gasteiger partial charge in [-0.3, -0.25) is 4.79 Å². The number of rotatable bonds is 8. The Morgan fingerprint density at radius 1 is 1.12 bits per heavy atom. The van der Waals surface area contributed by atoms with Crippen molar-refractivity contribution in [1.82, 2.24) is 4.98 Å². The molecule has 0 unspecified atom stereocenters. The number of benzene rings is 2. The number of halogens is 3. The van der Waals surface area contributed by atoms with Gasteiger partial charge in [-0.15, -0.1) is 11.3 Å². The van der Waals surface area contributed by atoms with E-state index in [-0.39, 0.29) is 18.4 Å². The third-order valence-corrected chi connectivity index (χ3v) is 6.57. The molecule has 0 amide bonds. The number of hydrogen-bond donors (Lipinski definition) is 1. The summed E-state index contributed by atoms with van der Waals surface area (Å²) in [5.74, 6) is -0.0532. The van der Waals surface area contributed by atoms with Gasteiger partial charge in [-0.25, -0.2) is 4.98 Å². The predicted molar refractivity (Wildman–Crippen MR) is 123 cm³/mol. The highest BCUT2D eigenvalue weighted by atomic mass is 32.1. The first-order valence-corrected chi connectivity index (χ1v) is 11.4. The smallest absolute Gasteiger partial charge is 0.416 e. The molecule has 0 bridgehead atoms. The number of ether oxygens (including phenoxy) is 1. The second kappa shape index (κ2) is 9.95. The highest BCUT2D eigenvalue weighted by molar-refractivity contribution is 7.15. The lowest BCUT2D eigenvalue weighted by Crippen LogP contribution is -2.06. The van der Waals surface area contributed by atoms with Crippen LogP contribution in [0.2, 0.25) is 0 Å². The summed E-state index contributed by atoms with van der Waals surface area (Å²) in [5, 5.41) is 9.54. The lowest BCUT2D eigenvalue weighted by molar-refractivity contribution is -0.138. The lowest BCUT2D eigenvalue weighted by Gasteiger charge is -2.17. The van der Waals surface area contributed by atoms with Gasteiger partial charge in [0.2, 0.25) is 0 Å². The van der Waals surface area contributed by atoms with Gasteiger partial charge in [0, 0.05) is 12.0 Å². The van der Waals surface area contributed by atoms with E-state index < -0.39 is 17.7 Å². The molecule has 0 aliphatic rings. The normalized spacial score (nSPS) is 12.7. The Kier molecular flexibility index (Phi) is 7.47. The number of thiazole rings is 1. The van der Waals surface area contributed by atoms with E-state index in [9.17, 15) is 18.0 Å². The van der Waals surface area contributed by atoms with Crippen LogP contribution in [0.4, 0.5) is 13.2 Å². The SMILES string of the molecule is Cc1cc(O[C@H](C)c2sc(-c3ccc(C(F)(F)F)cc3)nc2C(C)C)ccc1CCC(=O)O. The molecule has 0 spiro atoms. The van der Waals surface area contributed by atoms with Crippen molar-refractivity contribution in [1.29, 1.82) is 0 Å². The van der Waals surface area contributed by atoms with E-state index in [0.717, 1.165) is 33.8 Å². The Labute approximate surface area is 195 Å². The summed E-state index contributed by atoms with van der Waals surface area (Å²) in [7, 11) is 0. The van der Waals surface area contributed by atoms with E-state index in [4.69, 9.17) is 14.8 Å². The molecule has 0 saturated carbocycles. The van der Waals surface area contributed by atoms with E-state index in [1.54, 1.807) is 0 Å². The molecule has 8 heteroatoms. The van der Waals surface area contributed by atoms with Crippen LogP contribution in [0.5, 0.6) is 5.75 Å². The van der Waals surface area contributed by atoms with Crippen LogP contribution >= 0.6 is 11.3 Å². The quantitative estimate of drug-likeness (QED) is 0.367. The zero-order valence-electron chi connectivity index (χ0n) is 18.9. The molecule has 4 nitrogen and oxygen atoms in total. The van der Waals surface area contributed by atoms with Gasteiger partial charge in [0.25, 0.3) is 0 Å². The largest absolute Gasteiger partial charge is 0.485 e. The summed E-state index contributed by atoms with van der Waals surface area (Å²) in [5.41, 5.74) is 2.72. The average Bonchev–Trinajstić information content (AvgIpc) is 3.18. The Bertz CT molecular complexity index is 1120. The third-order valence-electron chi connectivity index (χ3n) is 5.29. The standard InChI is InChI=1S/C25H26F3NO3S/c1-14(2)22-23(33-24(29-22)18-5-9-19(10-6-18)25(26,27)28)16(4)32-20-11-7-17(15(3)13-20)8-12-21(30)31/h5-7,9-11,13-14,16H,8,12H2,1-4H3,(H,30,31)/t16-/m1/s1. The number of carbonyl (C=O) groups is 1. The van der Waals surface area contributed by atoms with Crippen LogP contribution in [0, 0.1) is 6.92 Å². The van der Waals surface area contributed by atoms with Gasteiger partial charge < -0.3 is 9.84 Å². The molecule has 0 aliphatic heterocycles. The summed E-state index contributed by atoms with van der Waals surface area (Å²) in [6.45, 7) is 7.87. The van der Waals surface area contributed by atoms with Gasteiger partial charge in [-0.2, -0.15) is 13.2 Å². The topological polar surface area (TPSA) is 59.4 Å². The number of aryl methyl sites for hydroxylation is 2. The van der Waals surface area contributed by atoms with Crippen molar-refractivity contribution in [2.24, 2.45) is 0 Å². The number of carboxylic acids is 1. The maximum Gasteiger partial charge on any atom is 0.416 e. The molecule has 0 fully saturated rings. The van der Waals surface area contributed by atoms with Crippen LogP contribution in [0.25, 0.3) is 10.6 Å². The molecule has 176 valence electrons. The second-order valence-electron chi connectivity index (χ2n) is 8.24. The maximum absolute atomic E-state index is 12.9. The van der Waals surface area contributed by atoms with Crippen molar-refractivity contribution in [3.05, 3.63) is 69.7 Å². The Morgan fingerprint density at radius 3 is 2.33 bits per heavy atom. The van der Waals surface area contributed by atoms with Crippen molar-refractivity contribution in [2.45, 2.75) is 58.7 Å². The van der Waals surface area contributed by atoms with Crippen molar-refractivity contribution in [3.63, 3.8) is 0 Å². The van der Waals surface area contributed by atoms with Gasteiger partial charge in [-0.1, -0.05) is 32.0 Å². The molecule has 1 N–H and O–H groups in total. The van der Waals surface area contributed by atoms with Gasteiger partial charge in [-0.05, 0) is 61.6 Å². The molecule has 0 aliphatic carbocycles. The van der Waals surface area contributed by atoms with Gasteiger partial charge in [0.15, 0.2) is 0 Å². The fourth-order valence-corrected chi connectivity index (χ4v) is 4.70. The molecule has 1 heterocycles. The van der Waals surface area contributed by atoms with E-state index in [0.29, 0.717) is 22.7 Å². The Hall–Kier alpha value is -2.87. The molecule has 1 aromatic heterocycles. The second-order valence-corrected chi connectivity index (χ2v) is 9.27. The molecular formula is C25H26F3NO3S. The Morgan fingerprint density at radius 2 is 1.79 bits per heavy atom. The van der Waals surface area contributed by atoms with E-state index in [1.165, 1.54) is 23.5 Å². The molecule has 3 rings (SSSR count). The van der Waals surface area contributed by atoms with Crippen molar-refractivity contribution in [3.8, 4) is 16.3 Å². The average molecular weight is 478 g/mol. The van der Waals surface area contributed by atoms with E-state index in [1.807, 2.05) is 45.9 Å². The van der Waals surface area contributed by atoms with Crippen molar-refractivity contribution < 1.29 is 27.8 Å². The van der Waals surface area contributed by atoms with Crippen LogP contribution in [0.3, 0.4) is 0 Å². The summed E-state index contributed by atoms with van der Waals surface area (Å²) in [6.07, 6.45) is -4.16. The van der Waals surface area contributed by atoms with Crippen molar-refractivity contribution in [2.75, 3.05) is 0 Å². The first-order chi connectivity index (χ1) is 15.5. The molecule has 3 aromatic rings. The zero-order chi connectivity index (χ0) is 24.3. The highest BCUT2D eigenvalue weighted by Crippen LogP contribution is 2.38. The molecule has 1 atom stereocenters. The summed E-state index contributed by atoms with van der Waals surface area (Å²) >= 11 is 1.42. The molecule has 2 aromatic carbocycles. The summed E-state index contributed by atoms with van der Waals surface area (Å²) < 4.78 is 44.8. The van der Waals surface area contributed by atoms with Gasteiger partial charge >= 0.3 is 12.1 Å². The number of hydrogen-bond acceptors (Lipinski definition) is 4. The Balaban J connectivity index is 1.83. The fraction of sp³-hybridized carbons (Fsp3) is 0.360. The summed E-state index contributed by atoms with van der Waals surface area (Å²) in [6, 6.07) is 10.6. The first kappa shape index (κ1) is 24.8. The minimum absolute atomic E-state index is 0.0722. The van der Waals surface area contributed by atoms with E-state index in [2.05, 4.69) is 0 Å². The molecular weight excluding hydrogens is 451 g/mol. The summed E-state index contributed by atoms with van der Waals surface area (Å²) in [4.78, 5) is 16.5. The third kappa shape index (κ3) is 6.13. The number of aromatic nitrogens is 1. The maximum atomic E-state index is 12.9. The fourth-order valence-electron chi connectivity index (χ4n) is 3.50. The predicted octanol–water partition coefficient (Wildman–Crippen LogP) is 7.42. The molecule has 33 heavy (non-hydrogen) atoms. The van der Waals surface area contributed by atoms with Crippen LogP contribution in [-0.4, -0.2) is 16.1 Å². The van der Waals surface area contributed by atoms with Gasteiger partial charge in [0.1, 0.15) is 16.9 Å². The van der Waals surface area contributed by atoms with Crippen molar-refractivity contribution >= 4 is 17.3 Å². The van der Waals surface area contributed by atoms with Crippen LogP contribution in [0.1, 0.15) is 66.5 Å². The van der Waals surface area contributed by atoms with Crippen LogP contribution < -0.4 is 4.74 Å². The number of alkyl halides is 3. The number of carboxylic acid groups (broad SMARTS) is 1. The highest BCUT2D eigenvalue weighted by Gasteiger charge is 2.30. The minimum Gasteiger partial charge on any atom is -0.485 e. The monoisotopic (exact) mass is 477 g/mol. The number of aliphatic carboxylic acids is 1. The lowest BCUT2D eigenvalue weighted by atomic mass is 10.0. The molecule has 0 radical (unpaired) electrons.